The Kier molecular flexibility index (Phi) is 4.01. The second-order valence-corrected chi connectivity index (χ2v) is 4.98. The molecule has 3 aromatic carbocycles. The van der Waals surface area contributed by atoms with Crippen LogP contribution in [0.15, 0.2) is 72.8 Å². The predicted molar refractivity (Wildman–Crippen MR) is 90.3 cm³/mol. The second-order valence-electron chi connectivity index (χ2n) is 4.98. The van der Waals surface area contributed by atoms with Crippen LogP contribution >= 0.6 is 0 Å². The van der Waals surface area contributed by atoms with Crippen molar-refractivity contribution in [2.24, 2.45) is 0 Å². The number of benzene rings is 3. The molecule has 0 fully saturated rings. The third kappa shape index (κ3) is 2.77. The van der Waals surface area contributed by atoms with E-state index in [2.05, 4.69) is 0 Å². The summed E-state index contributed by atoms with van der Waals surface area (Å²) in [4.78, 5) is 12.5. The molecule has 0 aliphatic rings. The maximum Gasteiger partial charge on any atom is 0.189 e. The summed E-state index contributed by atoms with van der Waals surface area (Å²) in [6, 6.07) is 21.4. The zero-order chi connectivity index (χ0) is 15.4. The summed E-state index contributed by atoms with van der Waals surface area (Å²) in [6.07, 6.45) is 3.40. The Labute approximate surface area is 129 Å². The minimum absolute atomic E-state index is 0.0635. The molecule has 0 spiro atoms. The van der Waals surface area contributed by atoms with Crippen molar-refractivity contribution in [3.05, 3.63) is 83.9 Å². The first-order valence-corrected chi connectivity index (χ1v) is 7.13. The van der Waals surface area contributed by atoms with E-state index in [1.165, 1.54) is 0 Å². The molecule has 0 unspecified atom stereocenters. The molecule has 0 aliphatic carbocycles. The lowest BCUT2D eigenvalue weighted by molar-refractivity contribution is 0.104. The first-order chi connectivity index (χ1) is 10.8. The van der Waals surface area contributed by atoms with Gasteiger partial charge in [0.15, 0.2) is 5.78 Å². The molecular formula is C20H16O2. The van der Waals surface area contributed by atoms with Crippen LogP contribution in [0, 0.1) is 0 Å². The Balaban J connectivity index is 1.99. The summed E-state index contributed by atoms with van der Waals surface area (Å²) in [6.45, 7) is 0. The van der Waals surface area contributed by atoms with Crippen molar-refractivity contribution < 1.29 is 9.53 Å². The van der Waals surface area contributed by atoms with Gasteiger partial charge in [0, 0.05) is 5.39 Å². The standard InChI is InChI=1S/C20H16O2/c1-22-20-17-10-6-5-9-16(17)12-13-18(20)19(21)14-11-15-7-3-2-4-8-15/h2-14H,1H3/b14-11+. The minimum Gasteiger partial charge on any atom is -0.495 e. The van der Waals surface area contributed by atoms with Gasteiger partial charge in [-0.1, -0.05) is 66.7 Å². The molecule has 22 heavy (non-hydrogen) atoms. The molecule has 0 heterocycles. The minimum atomic E-state index is -0.0635. The lowest BCUT2D eigenvalue weighted by Gasteiger charge is -2.09. The zero-order valence-corrected chi connectivity index (χ0v) is 12.3. The SMILES string of the molecule is COc1c(C(=O)/C=C/c2ccccc2)ccc2ccccc12. The van der Waals surface area contributed by atoms with Crippen LogP contribution in [0.3, 0.4) is 0 Å². The van der Waals surface area contributed by atoms with Gasteiger partial charge < -0.3 is 4.74 Å². The molecule has 2 nitrogen and oxygen atoms in total. The molecular weight excluding hydrogens is 272 g/mol. The first-order valence-electron chi connectivity index (χ1n) is 7.13. The second kappa shape index (κ2) is 6.27. The molecule has 0 amide bonds. The lowest BCUT2D eigenvalue weighted by Crippen LogP contribution is -1.99. The fourth-order valence-electron chi connectivity index (χ4n) is 2.48. The van der Waals surface area contributed by atoms with Gasteiger partial charge in [0.2, 0.25) is 0 Å². The van der Waals surface area contributed by atoms with Crippen LogP contribution in [0.2, 0.25) is 0 Å². The molecule has 0 saturated heterocycles. The van der Waals surface area contributed by atoms with E-state index in [0.29, 0.717) is 11.3 Å². The van der Waals surface area contributed by atoms with Crippen LogP contribution < -0.4 is 4.74 Å². The van der Waals surface area contributed by atoms with Gasteiger partial charge >= 0.3 is 0 Å². The van der Waals surface area contributed by atoms with Crippen molar-refractivity contribution in [1.29, 1.82) is 0 Å². The fraction of sp³-hybridized carbons (Fsp3) is 0.0500. The Morgan fingerprint density at radius 1 is 0.909 bits per heavy atom. The molecule has 0 aromatic heterocycles. The van der Waals surface area contributed by atoms with Crippen molar-refractivity contribution in [3.63, 3.8) is 0 Å². The highest BCUT2D eigenvalue weighted by Crippen LogP contribution is 2.30. The first kappa shape index (κ1) is 14.1. The molecule has 0 bridgehead atoms. The van der Waals surface area contributed by atoms with Crippen LogP contribution in [0.4, 0.5) is 0 Å². The molecule has 0 atom stereocenters. The fourth-order valence-corrected chi connectivity index (χ4v) is 2.48. The summed E-state index contributed by atoms with van der Waals surface area (Å²) in [5.74, 6) is 0.562. The number of ether oxygens (including phenoxy) is 1. The lowest BCUT2D eigenvalue weighted by atomic mass is 10.0. The number of carbonyl (C=O) groups is 1. The Morgan fingerprint density at radius 2 is 1.64 bits per heavy atom. The van der Waals surface area contributed by atoms with Gasteiger partial charge in [0.05, 0.1) is 12.7 Å². The summed E-state index contributed by atoms with van der Waals surface area (Å²) in [5.41, 5.74) is 1.57. The third-order valence-electron chi connectivity index (χ3n) is 3.58. The normalized spacial score (nSPS) is 11.0. The van der Waals surface area contributed by atoms with Crippen LogP contribution in [-0.4, -0.2) is 12.9 Å². The number of fused-ring (bicyclic) bond motifs is 1. The Morgan fingerprint density at radius 3 is 2.41 bits per heavy atom. The largest absolute Gasteiger partial charge is 0.495 e. The van der Waals surface area contributed by atoms with Crippen LogP contribution in [0.1, 0.15) is 15.9 Å². The maximum atomic E-state index is 12.5. The monoisotopic (exact) mass is 288 g/mol. The topological polar surface area (TPSA) is 26.3 Å². The highest BCUT2D eigenvalue weighted by molar-refractivity contribution is 6.11. The van der Waals surface area contributed by atoms with Crippen molar-refractivity contribution in [3.8, 4) is 5.75 Å². The smallest absolute Gasteiger partial charge is 0.189 e. The van der Waals surface area contributed by atoms with E-state index in [-0.39, 0.29) is 5.78 Å². The van der Waals surface area contributed by atoms with Gasteiger partial charge in [0.25, 0.3) is 0 Å². The van der Waals surface area contributed by atoms with Crippen molar-refractivity contribution >= 4 is 22.6 Å². The average Bonchev–Trinajstić information content (AvgIpc) is 2.59. The highest BCUT2D eigenvalue weighted by Gasteiger charge is 2.12. The van der Waals surface area contributed by atoms with Gasteiger partial charge in [0.1, 0.15) is 5.75 Å². The number of rotatable bonds is 4. The zero-order valence-electron chi connectivity index (χ0n) is 12.3. The number of allylic oxidation sites excluding steroid dienone is 1. The van der Waals surface area contributed by atoms with E-state index in [1.807, 2.05) is 72.8 Å². The summed E-state index contributed by atoms with van der Waals surface area (Å²) >= 11 is 0. The van der Waals surface area contributed by atoms with Crippen molar-refractivity contribution in [2.45, 2.75) is 0 Å². The van der Waals surface area contributed by atoms with Crippen LogP contribution in [0.5, 0.6) is 5.75 Å². The predicted octanol–water partition coefficient (Wildman–Crippen LogP) is 4.74. The summed E-state index contributed by atoms with van der Waals surface area (Å²) in [7, 11) is 1.60. The molecule has 0 aliphatic heterocycles. The molecule has 0 N–H and O–H groups in total. The maximum absolute atomic E-state index is 12.5. The van der Waals surface area contributed by atoms with Crippen LogP contribution in [-0.2, 0) is 0 Å². The number of carbonyl (C=O) groups excluding carboxylic acids is 1. The Hall–Kier alpha value is -2.87. The van der Waals surface area contributed by atoms with Crippen molar-refractivity contribution in [2.75, 3.05) is 7.11 Å². The van der Waals surface area contributed by atoms with E-state index in [1.54, 1.807) is 13.2 Å². The Bertz CT molecular complexity index is 833. The molecule has 108 valence electrons. The van der Waals surface area contributed by atoms with E-state index >= 15 is 0 Å². The highest BCUT2D eigenvalue weighted by atomic mass is 16.5. The van der Waals surface area contributed by atoms with E-state index in [4.69, 9.17) is 4.74 Å². The number of ketones is 1. The number of methoxy groups -OCH3 is 1. The van der Waals surface area contributed by atoms with Crippen LogP contribution in [0.25, 0.3) is 16.8 Å². The van der Waals surface area contributed by atoms with Crippen molar-refractivity contribution in [1.82, 2.24) is 0 Å². The molecule has 0 saturated carbocycles. The van der Waals surface area contributed by atoms with Gasteiger partial charge in [-0.3, -0.25) is 4.79 Å². The molecule has 2 heteroatoms. The van der Waals surface area contributed by atoms with E-state index in [9.17, 15) is 4.79 Å². The van der Waals surface area contributed by atoms with Gasteiger partial charge in [-0.2, -0.15) is 0 Å². The number of hydrogen-bond donors (Lipinski definition) is 0. The summed E-state index contributed by atoms with van der Waals surface area (Å²) < 4.78 is 5.48. The van der Waals surface area contributed by atoms with Gasteiger partial charge in [-0.25, -0.2) is 0 Å². The molecule has 0 radical (unpaired) electrons. The number of hydrogen-bond acceptors (Lipinski definition) is 2. The quantitative estimate of drug-likeness (QED) is 0.512. The van der Waals surface area contributed by atoms with Gasteiger partial charge in [-0.05, 0) is 23.1 Å². The van der Waals surface area contributed by atoms with Gasteiger partial charge in [-0.15, -0.1) is 0 Å². The van der Waals surface area contributed by atoms with E-state index < -0.39 is 0 Å². The molecule has 3 rings (SSSR count). The molecule has 3 aromatic rings. The summed E-state index contributed by atoms with van der Waals surface area (Å²) in [5, 5.41) is 2.01. The third-order valence-corrected chi connectivity index (χ3v) is 3.58. The van der Waals surface area contributed by atoms with E-state index in [0.717, 1.165) is 16.3 Å². The average molecular weight is 288 g/mol.